The SMILES string of the molecule is CCCNC(c1ccc(C)cc1)c1ncc(Cl)cc1Cl. The molecule has 0 bridgehead atoms. The van der Waals surface area contributed by atoms with Gasteiger partial charge >= 0.3 is 0 Å². The van der Waals surface area contributed by atoms with Gasteiger partial charge in [-0.25, -0.2) is 0 Å². The van der Waals surface area contributed by atoms with E-state index in [1.807, 2.05) is 0 Å². The summed E-state index contributed by atoms with van der Waals surface area (Å²) in [6.07, 6.45) is 2.69. The third-order valence-electron chi connectivity index (χ3n) is 3.12. The van der Waals surface area contributed by atoms with E-state index in [1.165, 1.54) is 5.56 Å². The van der Waals surface area contributed by atoms with Gasteiger partial charge in [0.1, 0.15) is 0 Å². The standard InChI is InChI=1S/C16H18Cl2N2/c1-3-8-19-15(12-6-4-11(2)5-7-12)16-14(18)9-13(17)10-20-16/h4-7,9-10,15,19H,3,8H2,1-2H3. The highest BCUT2D eigenvalue weighted by atomic mass is 35.5. The van der Waals surface area contributed by atoms with Crippen LogP contribution in [0, 0.1) is 6.92 Å². The number of nitrogens with one attached hydrogen (secondary N) is 1. The summed E-state index contributed by atoms with van der Waals surface area (Å²) in [5.41, 5.74) is 3.20. The Morgan fingerprint density at radius 2 is 1.90 bits per heavy atom. The van der Waals surface area contributed by atoms with Crippen LogP contribution in [0.1, 0.15) is 36.2 Å². The average molecular weight is 309 g/mol. The van der Waals surface area contributed by atoms with Gasteiger partial charge < -0.3 is 5.32 Å². The number of hydrogen-bond acceptors (Lipinski definition) is 2. The van der Waals surface area contributed by atoms with E-state index in [1.54, 1.807) is 12.3 Å². The lowest BCUT2D eigenvalue weighted by Gasteiger charge is -2.20. The number of nitrogens with zero attached hydrogens (tertiary/aromatic N) is 1. The lowest BCUT2D eigenvalue weighted by atomic mass is 10.0. The third-order valence-corrected chi connectivity index (χ3v) is 3.63. The zero-order chi connectivity index (χ0) is 14.5. The maximum Gasteiger partial charge on any atom is 0.0805 e. The summed E-state index contributed by atoms with van der Waals surface area (Å²) in [7, 11) is 0. The molecule has 0 saturated heterocycles. The van der Waals surface area contributed by atoms with E-state index in [2.05, 4.69) is 48.4 Å². The van der Waals surface area contributed by atoms with Gasteiger partial charge in [0, 0.05) is 6.20 Å². The van der Waals surface area contributed by atoms with Crippen molar-refractivity contribution >= 4 is 23.2 Å². The molecule has 0 spiro atoms. The molecular formula is C16H18Cl2N2. The van der Waals surface area contributed by atoms with Crippen LogP contribution in [0.25, 0.3) is 0 Å². The van der Waals surface area contributed by atoms with E-state index in [-0.39, 0.29) is 6.04 Å². The molecule has 0 aliphatic carbocycles. The van der Waals surface area contributed by atoms with Crippen molar-refractivity contribution in [3.63, 3.8) is 0 Å². The molecule has 1 aromatic carbocycles. The largest absolute Gasteiger partial charge is 0.305 e. The second-order valence-corrected chi connectivity index (χ2v) is 5.66. The van der Waals surface area contributed by atoms with Gasteiger partial charge in [0.15, 0.2) is 0 Å². The number of benzene rings is 1. The Balaban J connectivity index is 2.38. The molecule has 0 aliphatic heterocycles. The van der Waals surface area contributed by atoms with Crippen LogP contribution in [0.2, 0.25) is 10.0 Å². The number of hydrogen-bond donors (Lipinski definition) is 1. The van der Waals surface area contributed by atoms with Gasteiger partial charge in [-0.05, 0) is 31.5 Å². The number of aryl methyl sites for hydroxylation is 1. The first-order valence-electron chi connectivity index (χ1n) is 6.72. The Bertz CT molecular complexity index is 567. The minimum absolute atomic E-state index is 0.0136. The summed E-state index contributed by atoms with van der Waals surface area (Å²) in [6.45, 7) is 5.11. The van der Waals surface area contributed by atoms with E-state index >= 15 is 0 Å². The van der Waals surface area contributed by atoms with Crippen molar-refractivity contribution < 1.29 is 0 Å². The fourth-order valence-electron chi connectivity index (χ4n) is 2.06. The molecule has 0 fully saturated rings. The summed E-state index contributed by atoms with van der Waals surface area (Å²) in [5.74, 6) is 0. The quantitative estimate of drug-likeness (QED) is 0.859. The Morgan fingerprint density at radius 3 is 2.50 bits per heavy atom. The maximum absolute atomic E-state index is 6.30. The molecule has 1 unspecified atom stereocenters. The van der Waals surface area contributed by atoms with Gasteiger partial charge in [-0.3, -0.25) is 4.98 Å². The second-order valence-electron chi connectivity index (χ2n) is 4.82. The van der Waals surface area contributed by atoms with Crippen LogP contribution >= 0.6 is 23.2 Å². The molecule has 2 nitrogen and oxygen atoms in total. The highest BCUT2D eigenvalue weighted by molar-refractivity contribution is 6.34. The number of pyridine rings is 1. The zero-order valence-corrected chi connectivity index (χ0v) is 13.2. The molecule has 20 heavy (non-hydrogen) atoms. The van der Waals surface area contributed by atoms with Gasteiger partial charge in [-0.1, -0.05) is 60.0 Å². The Morgan fingerprint density at radius 1 is 1.20 bits per heavy atom. The second kappa shape index (κ2) is 7.07. The van der Waals surface area contributed by atoms with Gasteiger partial charge in [-0.15, -0.1) is 0 Å². The number of rotatable bonds is 5. The number of halogens is 2. The molecule has 0 amide bonds. The molecule has 1 heterocycles. The molecule has 1 aromatic heterocycles. The van der Waals surface area contributed by atoms with Gasteiger partial charge in [0.05, 0.1) is 21.8 Å². The van der Waals surface area contributed by atoms with Crippen LogP contribution in [0.15, 0.2) is 36.5 Å². The van der Waals surface area contributed by atoms with E-state index in [0.29, 0.717) is 10.0 Å². The number of aromatic nitrogens is 1. The van der Waals surface area contributed by atoms with Crippen LogP contribution in [-0.4, -0.2) is 11.5 Å². The zero-order valence-electron chi connectivity index (χ0n) is 11.7. The van der Waals surface area contributed by atoms with Crippen LogP contribution in [-0.2, 0) is 0 Å². The lowest BCUT2D eigenvalue weighted by Crippen LogP contribution is -2.24. The maximum atomic E-state index is 6.30. The van der Waals surface area contributed by atoms with Crippen molar-refractivity contribution in [3.8, 4) is 0 Å². The summed E-state index contributed by atoms with van der Waals surface area (Å²) >= 11 is 12.2. The van der Waals surface area contributed by atoms with Crippen molar-refractivity contribution in [1.82, 2.24) is 10.3 Å². The fraction of sp³-hybridized carbons (Fsp3) is 0.312. The summed E-state index contributed by atoms with van der Waals surface area (Å²) < 4.78 is 0. The molecule has 1 atom stereocenters. The van der Waals surface area contributed by atoms with Crippen LogP contribution in [0.5, 0.6) is 0 Å². The van der Waals surface area contributed by atoms with Crippen molar-refractivity contribution in [2.45, 2.75) is 26.3 Å². The molecule has 2 aromatic rings. The highest BCUT2D eigenvalue weighted by Gasteiger charge is 2.18. The topological polar surface area (TPSA) is 24.9 Å². The monoisotopic (exact) mass is 308 g/mol. The van der Waals surface area contributed by atoms with E-state index in [9.17, 15) is 0 Å². The summed E-state index contributed by atoms with van der Waals surface area (Å²) in [5, 5.41) is 4.63. The van der Waals surface area contributed by atoms with Crippen molar-refractivity contribution in [2.75, 3.05) is 6.54 Å². The molecule has 0 radical (unpaired) electrons. The van der Waals surface area contributed by atoms with Gasteiger partial charge in [0.2, 0.25) is 0 Å². The lowest BCUT2D eigenvalue weighted by molar-refractivity contribution is 0.586. The molecule has 2 rings (SSSR count). The molecular weight excluding hydrogens is 291 g/mol. The summed E-state index contributed by atoms with van der Waals surface area (Å²) in [4.78, 5) is 4.40. The highest BCUT2D eigenvalue weighted by Crippen LogP contribution is 2.28. The van der Waals surface area contributed by atoms with Crippen LogP contribution in [0.3, 0.4) is 0 Å². The minimum atomic E-state index is -0.0136. The van der Waals surface area contributed by atoms with Crippen LogP contribution in [0.4, 0.5) is 0 Å². The first-order valence-corrected chi connectivity index (χ1v) is 7.48. The Kier molecular flexibility index (Phi) is 5.41. The molecule has 106 valence electrons. The molecule has 4 heteroatoms. The first kappa shape index (κ1) is 15.3. The third kappa shape index (κ3) is 3.72. The van der Waals surface area contributed by atoms with Gasteiger partial charge in [-0.2, -0.15) is 0 Å². The molecule has 0 saturated carbocycles. The summed E-state index contributed by atoms with van der Waals surface area (Å²) in [6, 6.07) is 10.1. The van der Waals surface area contributed by atoms with Crippen LogP contribution < -0.4 is 5.32 Å². The predicted molar refractivity (Wildman–Crippen MR) is 85.6 cm³/mol. The fourth-order valence-corrected chi connectivity index (χ4v) is 2.55. The van der Waals surface area contributed by atoms with E-state index in [4.69, 9.17) is 23.2 Å². The Hall–Kier alpha value is -1.09. The van der Waals surface area contributed by atoms with Gasteiger partial charge in [0.25, 0.3) is 0 Å². The molecule has 1 N–H and O–H groups in total. The minimum Gasteiger partial charge on any atom is -0.305 e. The van der Waals surface area contributed by atoms with Crippen molar-refractivity contribution in [2.24, 2.45) is 0 Å². The smallest absolute Gasteiger partial charge is 0.0805 e. The normalized spacial score (nSPS) is 12.4. The van der Waals surface area contributed by atoms with E-state index < -0.39 is 0 Å². The van der Waals surface area contributed by atoms with Crippen molar-refractivity contribution in [3.05, 3.63) is 63.4 Å². The predicted octanol–water partition coefficient (Wildman–Crippen LogP) is 4.79. The van der Waals surface area contributed by atoms with E-state index in [0.717, 1.165) is 24.2 Å². The average Bonchev–Trinajstić information content (AvgIpc) is 2.42. The van der Waals surface area contributed by atoms with Crippen molar-refractivity contribution in [1.29, 1.82) is 0 Å². The first-order chi connectivity index (χ1) is 9.61. The Labute approximate surface area is 130 Å². The molecule has 0 aliphatic rings.